The van der Waals surface area contributed by atoms with E-state index < -0.39 is 24.1 Å². The first-order valence-electron chi connectivity index (χ1n) is 10.4. The lowest BCUT2D eigenvalue weighted by molar-refractivity contribution is -0.00177. The van der Waals surface area contributed by atoms with Gasteiger partial charge in [0.1, 0.15) is 17.0 Å². The van der Waals surface area contributed by atoms with E-state index in [1.165, 1.54) is 43.1 Å². The number of alkyl halides is 3. The van der Waals surface area contributed by atoms with Crippen LogP contribution in [0.3, 0.4) is 0 Å². The molecule has 0 unspecified atom stereocenters. The maximum atomic E-state index is 14.0. The Hall–Kier alpha value is -2.33. The van der Waals surface area contributed by atoms with E-state index in [0.29, 0.717) is 31.4 Å². The highest BCUT2D eigenvalue weighted by Crippen LogP contribution is 2.33. The Balaban J connectivity index is 1.63. The first-order chi connectivity index (χ1) is 15.1. The summed E-state index contributed by atoms with van der Waals surface area (Å²) in [7, 11) is 0. The summed E-state index contributed by atoms with van der Waals surface area (Å²) in [5.41, 5.74) is -1.01. The normalized spacial score (nSPS) is 20.2. The fraction of sp³-hybridized carbons (Fsp3) is 0.571. The van der Waals surface area contributed by atoms with Gasteiger partial charge in [-0.15, -0.1) is 0 Å². The predicted octanol–water partition coefficient (Wildman–Crippen LogP) is 4.30. The molecule has 1 aliphatic rings. The molecule has 32 heavy (non-hydrogen) atoms. The molecule has 2 aromatic rings. The van der Waals surface area contributed by atoms with Gasteiger partial charge in [0, 0.05) is 18.4 Å². The Morgan fingerprint density at radius 3 is 2.62 bits per heavy atom. The van der Waals surface area contributed by atoms with Gasteiger partial charge in [0.25, 0.3) is 12.3 Å². The Labute approximate surface area is 189 Å². The number of anilines is 1. The molecule has 176 valence electrons. The van der Waals surface area contributed by atoms with Crippen LogP contribution in [-0.2, 0) is 0 Å². The standard InChI is InChI=1S/C21H27ClF3N5O2/c1-21(2,32)17(23)11-27-20(31)14-10-26-18(22)9-15(14)29-12-3-5-13(6-4-12)30-16(19(24)25)7-8-28-30/h7-10,12-13,17,19,32H,3-6,11H2,1-2H3,(H,26,29)(H,27,31)/t12?,13?,17-/m1/s1. The third-order valence-corrected chi connectivity index (χ3v) is 5.86. The lowest BCUT2D eigenvalue weighted by Crippen LogP contribution is -2.42. The van der Waals surface area contributed by atoms with E-state index in [4.69, 9.17) is 11.6 Å². The number of hydrogen-bond acceptors (Lipinski definition) is 5. The van der Waals surface area contributed by atoms with Gasteiger partial charge in [0.15, 0.2) is 0 Å². The van der Waals surface area contributed by atoms with E-state index >= 15 is 0 Å². The molecular weight excluding hydrogens is 447 g/mol. The molecule has 3 N–H and O–H groups in total. The minimum atomic E-state index is -2.58. The first kappa shape index (κ1) is 24.3. The molecule has 1 amide bonds. The minimum Gasteiger partial charge on any atom is -0.387 e. The van der Waals surface area contributed by atoms with Crippen LogP contribution in [0.5, 0.6) is 0 Å². The SMILES string of the molecule is CC(C)(O)[C@H](F)CNC(=O)c1cnc(Cl)cc1NC1CCC(n2nccc2C(F)F)CC1. The van der Waals surface area contributed by atoms with Crippen molar-refractivity contribution >= 4 is 23.2 Å². The topological polar surface area (TPSA) is 92.1 Å². The third-order valence-electron chi connectivity index (χ3n) is 5.65. The fourth-order valence-electron chi connectivity index (χ4n) is 3.74. The van der Waals surface area contributed by atoms with Crippen LogP contribution in [0.2, 0.25) is 5.15 Å². The lowest BCUT2D eigenvalue weighted by Gasteiger charge is -2.31. The first-order valence-corrected chi connectivity index (χ1v) is 10.8. The molecule has 0 aliphatic heterocycles. The number of amides is 1. The number of halogens is 4. The summed E-state index contributed by atoms with van der Waals surface area (Å²) in [6.45, 7) is 2.29. The van der Waals surface area contributed by atoms with Gasteiger partial charge in [-0.05, 0) is 51.7 Å². The fourth-order valence-corrected chi connectivity index (χ4v) is 3.90. The maximum absolute atomic E-state index is 14.0. The molecule has 11 heteroatoms. The molecule has 1 atom stereocenters. The van der Waals surface area contributed by atoms with Gasteiger partial charge < -0.3 is 15.7 Å². The molecule has 0 spiro atoms. The number of aliphatic hydroxyl groups is 1. The number of nitrogens with one attached hydrogen (secondary N) is 2. The van der Waals surface area contributed by atoms with Gasteiger partial charge in [0.05, 0.1) is 29.4 Å². The van der Waals surface area contributed by atoms with Gasteiger partial charge in [-0.25, -0.2) is 18.2 Å². The molecule has 2 aromatic heterocycles. The van der Waals surface area contributed by atoms with Crippen LogP contribution in [0.4, 0.5) is 18.9 Å². The van der Waals surface area contributed by atoms with E-state index in [1.54, 1.807) is 0 Å². The number of nitrogens with zero attached hydrogens (tertiary/aromatic N) is 3. The van der Waals surface area contributed by atoms with Crippen molar-refractivity contribution < 1.29 is 23.1 Å². The highest BCUT2D eigenvalue weighted by molar-refractivity contribution is 6.29. The van der Waals surface area contributed by atoms with E-state index in [2.05, 4.69) is 20.7 Å². The molecule has 0 saturated heterocycles. The molecule has 1 aliphatic carbocycles. The van der Waals surface area contributed by atoms with Crippen molar-refractivity contribution in [3.8, 4) is 0 Å². The molecule has 0 bridgehead atoms. The number of pyridine rings is 1. The number of rotatable bonds is 8. The summed E-state index contributed by atoms with van der Waals surface area (Å²) in [6.07, 6.45) is 1.13. The molecule has 1 saturated carbocycles. The Kier molecular flexibility index (Phi) is 7.66. The van der Waals surface area contributed by atoms with E-state index in [-0.39, 0.29) is 35.0 Å². The molecule has 1 fully saturated rings. The smallest absolute Gasteiger partial charge is 0.280 e. The Morgan fingerprint density at radius 2 is 2.00 bits per heavy atom. The number of aromatic nitrogens is 3. The number of hydrogen-bond donors (Lipinski definition) is 3. The van der Waals surface area contributed by atoms with Crippen molar-refractivity contribution in [3.63, 3.8) is 0 Å². The highest BCUT2D eigenvalue weighted by Gasteiger charge is 2.29. The van der Waals surface area contributed by atoms with Gasteiger partial charge in [-0.3, -0.25) is 9.48 Å². The second-order valence-electron chi connectivity index (χ2n) is 8.53. The molecule has 2 heterocycles. The molecule has 3 rings (SSSR count). The van der Waals surface area contributed by atoms with E-state index in [0.717, 1.165) is 0 Å². The van der Waals surface area contributed by atoms with Crippen LogP contribution in [0.25, 0.3) is 0 Å². The van der Waals surface area contributed by atoms with Crippen LogP contribution in [0.15, 0.2) is 24.5 Å². The van der Waals surface area contributed by atoms with Crippen molar-refractivity contribution in [2.75, 3.05) is 11.9 Å². The molecule has 7 nitrogen and oxygen atoms in total. The van der Waals surface area contributed by atoms with Crippen LogP contribution in [0.1, 0.15) is 68.0 Å². The van der Waals surface area contributed by atoms with Crippen LogP contribution in [0, 0.1) is 0 Å². The third kappa shape index (κ3) is 5.92. The largest absolute Gasteiger partial charge is 0.387 e. The summed E-state index contributed by atoms with van der Waals surface area (Å²) in [5.74, 6) is -0.546. The van der Waals surface area contributed by atoms with Crippen LogP contribution >= 0.6 is 11.6 Å². The second kappa shape index (κ2) is 10.1. The summed E-state index contributed by atoms with van der Waals surface area (Å²) in [5, 5.41) is 19.7. The van der Waals surface area contributed by atoms with Crippen LogP contribution in [-0.4, -0.2) is 50.1 Å². The van der Waals surface area contributed by atoms with Gasteiger partial charge in [0.2, 0.25) is 0 Å². The van der Waals surface area contributed by atoms with Gasteiger partial charge in [-0.2, -0.15) is 5.10 Å². The zero-order valence-corrected chi connectivity index (χ0v) is 18.6. The zero-order valence-electron chi connectivity index (χ0n) is 17.9. The Morgan fingerprint density at radius 1 is 1.31 bits per heavy atom. The lowest BCUT2D eigenvalue weighted by atomic mass is 9.90. The zero-order chi connectivity index (χ0) is 23.5. The Bertz CT molecular complexity index is 926. The van der Waals surface area contributed by atoms with Gasteiger partial charge in [-0.1, -0.05) is 11.6 Å². The van der Waals surface area contributed by atoms with Crippen molar-refractivity contribution in [2.24, 2.45) is 0 Å². The van der Waals surface area contributed by atoms with Crippen molar-refractivity contribution in [3.05, 3.63) is 40.9 Å². The second-order valence-corrected chi connectivity index (χ2v) is 8.92. The minimum absolute atomic E-state index is 0.00729. The summed E-state index contributed by atoms with van der Waals surface area (Å²) in [6, 6.07) is 2.73. The van der Waals surface area contributed by atoms with Crippen molar-refractivity contribution in [1.29, 1.82) is 0 Å². The molecule has 0 radical (unpaired) electrons. The van der Waals surface area contributed by atoms with Crippen LogP contribution < -0.4 is 10.6 Å². The predicted molar refractivity (Wildman–Crippen MR) is 115 cm³/mol. The molecule has 0 aromatic carbocycles. The highest BCUT2D eigenvalue weighted by atomic mass is 35.5. The summed E-state index contributed by atoms with van der Waals surface area (Å²) < 4.78 is 41.7. The van der Waals surface area contributed by atoms with Crippen molar-refractivity contribution in [2.45, 2.75) is 69.8 Å². The van der Waals surface area contributed by atoms with Gasteiger partial charge >= 0.3 is 0 Å². The average molecular weight is 474 g/mol. The monoisotopic (exact) mass is 473 g/mol. The van der Waals surface area contributed by atoms with E-state index in [9.17, 15) is 23.1 Å². The average Bonchev–Trinajstić information content (AvgIpc) is 3.22. The quantitative estimate of drug-likeness (QED) is 0.497. The maximum Gasteiger partial charge on any atom is 0.280 e. The molecular formula is C21H27ClF3N5O2. The summed E-state index contributed by atoms with van der Waals surface area (Å²) >= 11 is 6.01. The number of carbonyl (C=O) groups excluding carboxylic acids is 1. The van der Waals surface area contributed by atoms with Crippen molar-refractivity contribution in [1.82, 2.24) is 20.1 Å². The number of carbonyl (C=O) groups is 1. The summed E-state index contributed by atoms with van der Waals surface area (Å²) in [4.78, 5) is 16.5. The van der Waals surface area contributed by atoms with E-state index in [1.807, 2.05) is 0 Å².